The first-order chi connectivity index (χ1) is 12.8. The van der Waals surface area contributed by atoms with Gasteiger partial charge in [0.25, 0.3) is 0 Å². The molecular formula is C19H22F3NO4S. The van der Waals surface area contributed by atoms with Crippen LogP contribution < -0.4 is 0 Å². The molecule has 9 heteroatoms. The third-order valence-electron chi connectivity index (χ3n) is 6.47. The summed E-state index contributed by atoms with van der Waals surface area (Å²) in [6, 6.07) is 5.62. The van der Waals surface area contributed by atoms with E-state index in [0.717, 1.165) is 0 Å². The van der Waals surface area contributed by atoms with Crippen LogP contribution in [0.4, 0.5) is 13.2 Å². The summed E-state index contributed by atoms with van der Waals surface area (Å²) in [5.74, 6) is -0.749. The molecule has 2 aliphatic carbocycles. The number of hydrogen-bond acceptors (Lipinski definition) is 5. The standard InChI is InChI=1S/C19H22F3NO4S/c1-12-6-4-5-7-14(12)16(19(20,21)22)23-27-28(25,26)11-18-9-8-13(10-15(18)24)17(18,2)3/h4-7,13H,8-11H2,1-3H3. The molecule has 28 heavy (non-hydrogen) atoms. The van der Waals surface area contributed by atoms with Crippen LogP contribution in [0.2, 0.25) is 0 Å². The number of halogens is 3. The van der Waals surface area contributed by atoms with E-state index < -0.39 is 38.6 Å². The minimum Gasteiger partial charge on any atom is -0.299 e. The number of carbonyl (C=O) groups excluding carboxylic acids is 1. The molecule has 0 aliphatic heterocycles. The van der Waals surface area contributed by atoms with Gasteiger partial charge in [-0.2, -0.15) is 21.6 Å². The molecule has 5 nitrogen and oxygen atoms in total. The van der Waals surface area contributed by atoms with Crippen LogP contribution in [0, 0.1) is 23.7 Å². The summed E-state index contributed by atoms with van der Waals surface area (Å²) in [5.41, 5.74) is -3.08. The van der Waals surface area contributed by atoms with Crippen molar-refractivity contribution >= 4 is 21.6 Å². The van der Waals surface area contributed by atoms with Crippen molar-refractivity contribution < 1.29 is 30.7 Å². The Labute approximate surface area is 162 Å². The Bertz CT molecular complexity index is 937. The quantitative estimate of drug-likeness (QED) is 0.536. The van der Waals surface area contributed by atoms with Crippen molar-refractivity contribution in [3.05, 3.63) is 35.4 Å². The topological polar surface area (TPSA) is 72.8 Å². The summed E-state index contributed by atoms with van der Waals surface area (Å²) >= 11 is 0. The van der Waals surface area contributed by atoms with E-state index in [2.05, 4.69) is 9.44 Å². The van der Waals surface area contributed by atoms with Crippen molar-refractivity contribution in [3.63, 3.8) is 0 Å². The number of benzene rings is 1. The van der Waals surface area contributed by atoms with Crippen LogP contribution in [0.5, 0.6) is 0 Å². The molecule has 2 saturated carbocycles. The van der Waals surface area contributed by atoms with E-state index in [1.54, 1.807) is 6.07 Å². The molecule has 2 aliphatic rings. The first kappa shape index (κ1) is 20.8. The number of carbonyl (C=O) groups is 1. The summed E-state index contributed by atoms with van der Waals surface area (Å²) in [7, 11) is -4.50. The van der Waals surface area contributed by atoms with Crippen LogP contribution in [0.1, 0.15) is 44.2 Å². The van der Waals surface area contributed by atoms with Gasteiger partial charge < -0.3 is 0 Å². The molecule has 0 amide bonds. The molecular weight excluding hydrogens is 395 g/mol. The van der Waals surface area contributed by atoms with Crippen molar-refractivity contribution in [2.75, 3.05) is 5.75 Å². The number of ketones is 1. The molecule has 0 saturated heterocycles. The summed E-state index contributed by atoms with van der Waals surface area (Å²) in [4.78, 5) is 12.5. The zero-order valence-corrected chi connectivity index (χ0v) is 16.7. The maximum absolute atomic E-state index is 13.4. The molecule has 3 rings (SSSR count). The van der Waals surface area contributed by atoms with Crippen molar-refractivity contribution in [1.82, 2.24) is 0 Å². The lowest BCUT2D eigenvalue weighted by atomic mass is 9.70. The molecule has 0 heterocycles. The fraction of sp³-hybridized carbons (Fsp3) is 0.579. The predicted molar refractivity (Wildman–Crippen MR) is 97.2 cm³/mol. The van der Waals surface area contributed by atoms with Crippen LogP contribution >= 0.6 is 0 Å². The van der Waals surface area contributed by atoms with E-state index in [0.29, 0.717) is 19.3 Å². The van der Waals surface area contributed by atoms with Crippen LogP contribution in [-0.4, -0.2) is 31.8 Å². The SMILES string of the molecule is Cc1ccccc1C(=NOS(=O)(=O)CC12CCC(CC1=O)C2(C)C)C(F)(F)F. The molecule has 0 N–H and O–H groups in total. The third-order valence-corrected chi connectivity index (χ3v) is 7.62. The minimum absolute atomic E-state index is 0.0800. The maximum Gasteiger partial charge on any atom is 0.437 e. The Morgan fingerprint density at radius 1 is 1.29 bits per heavy atom. The van der Waals surface area contributed by atoms with Crippen molar-refractivity contribution in [2.45, 2.75) is 46.2 Å². The van der Waals surface area contributed by atoms with Gasteiger partial charge in [0, 0.05) is 12.0 Å². The first-order valence-corrected chi connectivity index (χ1v) is 10.5. The number of rotatable bonds is 5. The predicted octanol–water partition coefficient (Wildman–Crippen LogP) is 4.00. The molecule has 2 fully saturated rings. The van der Waals surface area contributed by atoms with Crippen LogP contribution in [0.15, 0.2) is 29.4 Å². The van der Waals surface area contributed by atoms with E-state index >= 15 is 0 Å². The van der Waals surface area contributed by atoms with E-state index in [9.17, 15) is 26.4 Å². The summed E-state index contributed by atoms with van der Waals surface area (Å²) in [6.45, 7) is 5.13. The molecule has 0 radical (unpaired) electrons. The second-order valence-corrected chi connectivity index (χ2v) is 9.75. The highest BCUT2D eigenvalue weighted by Gasteiger charge is 2.65. The highest BCUT2D eigenvalue weighted by atomic mass is 32.2. The van der Waals surface area contributed by atoms with Gasteiger partial charge >= 0.3 is 16.3 Å². The normalized spacial score (nSPS) is 27.3. The molecule has 0 aromatic heterocycles. The lowest BCUT2D eigenvalue weighted by Crippen LogP contribution is -2.42. The fourth-order valence-electron chi connectivity index (χ4n) is 4.62. The molecule has 2 atom stereocenters. The largest absolute Gasteiger partial charge is 0.437 e. The van der Waals surface area contributed by atoms with Gasteiger partial charge in [0.1, 0.15) is 11.5 Å². The first-order valence-electron chi connectivity index (χ1n) is 8.96. The summed E-state index contributed by atoms with van der Waals surface area (Å²) < 4.78 is 69.8. The third kappa shape index (κ3) is 3.33. The molecule has 2 bridgehead atoms. The Hall–Kier alpha value is -1.90. The highest BCUT2D eigenvalue weighted by Crippen LogP contribution is 2.64. The number of aryl methyl sites for hydroxylation is 1. The Balaban J connectivity index is 1.91. The zero-order valence-electron chi connectivity index (χ0n) is 15.8. The molecule has 2 unspecified atom stereocenters. The second-order valence-electron chi connectivity index (χ2n) is 8.20. The van der Waals surface area contributed by atoms with Crippen LogP contribution in [0.3, 0.4) is 0 Å². The van der Waals surface area contributed by atoms with E-state index in [4.69, 9.17) is 0 Å². The van der Waals surface area contributed by atoms with Gasteiger partial charge in [0.2, 0.25) is 0 Å². The van der Waals surface area contributed by atoms with Crippen molar-refractivity contribution in [1.29, 1.82) is 0 Å². The Morgan fingerprint density at radius 2 is 1.93 bits per heavy atom. The number of fused-ring (bicyclic) bond motifs is 2. The number of alkyl halides is 3. The zero-order chi connectivity index (χ0) is 21.0. The Kier molecular flexibility index (Phi) is 4.89. The molecule has 1 aromatic rings. The van der Waals surface area contributed by atoms with Crippen LogP contribution in [0.25, 0.3) is 0 Å². The van der Waals surface area contributed by atoms with Gasteiger partial charge in [-0.1, -0.05) is 43.3 Å². The lowest BCUT2D eigenvalue weighted by Gasteiger charge is -2.35. The van der Waals surface area contributed by atoms with Gasteiger partial charge in [-0.25, -0.2) is 0 Å². The monoisotopic (exact) mass is 417 g/mol. The summed E-state index contributed by atoms with van der Waals surface area (Å²) in [5, 5.41) is 2.98. The average Bonchev–Trinajstić information content (AvgIpc) is 2.89. The van der Waals surface area contributed by atoms with Gasteiger partial charge in [0.05, 0.1) is 5.41 Å². The van der Waals surface area contributed by atoms with E-state index in [1.165, 1.54) is 25.1 Å². The van der Waals surface area contributed by atoms with Gasteiger partial charge in [-0.3, -0.25) is 9.08 Å². The van der Waals surface area contributed by atoms with Crippen LogP contribution in [-0.2, 0) is 19.2 Å². The maximum atomic E-state index is 13.4. The highest BCUT2D eigenvalue weighted by molar-refractivity contribution is 7.86. The lowest BCUT2D eigenvalue weighted by molar-refractivity contribution is -0.128. The summed E-state index contributed by atoms with van der Waals surface area (Å²) in [6.07, 6.45) is -3.50. The molecule has 154 valence electrons. The van der Waals surface area contributed by atoms with E-state index in [-0.39, 0.29) is 22.8 Å². The number of oxime groups is 1. The molecule has 0 spiro atoms. The fourth-order valence-corrected chi connectivity index (χ4v) is 6.14. The smallest absolute Gasteiger partial charge is 0.299 e. The number of hydrogen-bond donors (Lipinski definition) is 0. The molecule has 1 aromatic carbocycles. The van der Waals surface area contributed by atoms with Gasteiger partial charge in [-0.15, -0.1) is 0 Å². The van der Waals surface area contributed by atoms with Crippen molar-refractivity contribution in [2.24, 2.45) is 21.9 Å². The average molecular weight is 417 g/mol. The van der Waals surface area contributed by atoms with E-state index in [1.807, 2.05) is 13.8 Å². The van der Waals surface area contributed by atoms with Gasteiger partial charge in [-0.05, 0) is 36.7 Å². The second kappa shape index (κ2) is 6.57. The Morgan fingerprint density at radius 3 is 2.43 bits per heavy atom. The number of Topliss-reactive ketones (excluding diaryl/α,β-unsaturated/α-hetero) is 1. The van der Waals surface area contributed by atoms with Crippen molar-refractivity contribution in [3.8, 4) is 0 Å². The minimum atomic E-state index is -4.90. The number of nitrogens with zero attached hydrogens (tertiary/aromatic N) is 1. The van der Waals surface area contributed by atoms with Gasteiger partial charge in [0.15, 0.2) is 5.71 Å².